The molecule has 14 heavy (non-hydrogen) atoms. The first-order valence-electron chi connectivity index (χ1n) is 4.95. The summed E-state index contributed by atoms with van der Waals surface area (Å²) in [6, 6.07) is 5.91. The first kappa shape index (κ1) is 9.49. The molecule has 1 heterocycles. The molecule has 0 aromatic heterocycles. The highest BCUT2D eigenvalue weighted by atomic mass is 16.5. The third-order valence-electron chi connectivity index (χ3n) is 2.54. The summed E-state index contributed by atoms with van der Waals surface area (Å²) in [4.78, 5) is 0. The maximum absolute atomic E-state index is 9.82. The fourth-order valence-electron chi connectivity index (χ4n) is 1.82. The average molecular weight is 193 g/mol. The average Bonchev–Trinajstić information content (AvgIpc) is 2.65. The van der Waals surface area contributed by atoms with E-state index >= 15 is 0 Å². The predicted molar refractivity (Wildman–Crippen MR) is 54.3 cm³/mol. The van der Waals surface area contributed by atoms with E-state index in [1.165, 1.54) is 5.56 Å². The summed E-state index contributed by atoms with van der Waals surface area (Å²) in [7, 11) is 0. The lowest BCUT2D eigenvalue weighted by Gasteiger charge is -2.13. The molecule has 0 fully saturated rings. The van der Waals surface area contributed by atoms with Crippen molar-refractivity contribution in [2.45, 2.75) is 18.9 Å². The lowest BCUT2D eigenvalue weighted by molar-refractivity contribution is 0.165. The Morgan fingerprint density at radius 2 is 2.36 bits per heavy atom. The molecule has 3 heteroatoms. The van der Waals surface area contributed by atoms with Gasteiger partial charge in [0, 0.05) is 12.0 Å². The number of rotatable bonds is 3. The molecule has 1 aromatic rings. The number of hydrogen-bond acceptors (Lipinski definition) is 3. The van der Waals surface area contributed by atoms with Crippen LogP contribution in [0.4, 0.5) is 0 Å². The van der Waals surface area contributed by atoms with E-state index in [-0.39, 0.29) is 0 Å². The van der Waals surface area contributed by atoms with Crippen molar-refractivity contribution in [1.82, 2.24) is 0 Å². The van der Waals surface area contributed by atoms with Crippen LogP contribution in [0.1, 0.15) is 23.7 Å². The Labute approximate surface area is 83.5 Å². The molecule has 0 saturated carbocycles. The molecular weight excluding hydrogens is 178 g/mol. The SMILES string of the molecule is NCCC(O)c1cccc2c1OCC2. The van der Waals surface area contributed by atoms with Gasteiger partial charge >= 0.3 is 0 Å². The number of para-hydroxylation sites is 1. The molecule has 0 radical (unpaired) electrons. The molecule has 0 amide bonds. The van der Waals surface area contributed by atoms with Gasteiger partial charge in [0.15, 0.2) is 0 Å². The molecule has 0 bridgehead atoms. The summed E-state index contributed by atoms with van der Waals surface area (Å²) in [6.45, 7) is 1.21. The molecule has 1 aliphatic heterocycles. The van der Waals surface area contributed by atoms with Gasteiger partial charge in [0.05, 0.1) is 12.7 Å². The van der Waals surface area contributed by atoms with Gasteiger partial charge in [0.25, 0.3) is 0 Å². The standard InChI is InChI=1S/C11H15NO2/c12-6-4-10(13)9-3-1-2-8-5-7-14-11(8)9/h1-3,10,13H,4-7,12H2. The zero-order valence-corrected chi connectivity index (χ0v) is 8.07. The normalized spacial score (nSPS) is 16.1. The van der Waals surface area contributed by atoms with Gasteiger partial charge in [-0.1, -0.05) is 18.2 Å². The lowest BCUT2D eigenvalue weighted by atomic mass is 10.0. The Hall–Kier alpha value is -1.06. The van der Waals surface area contributed by atoms with Gasteiger partial charge in [0.2, 0.25) is 0 Å². The van der Waals surface area contributed by atoms with E-state index in [1.54, 1.807) is 0 Å². The van der Waals surface area contributed by atoms with Crippen molar-refractivity contribution in [2.24, 2.45) is 5.73 Å². The summed E-state index contributed by atoms with van der Waals surface area (Å²) >= 11 is 0. The number of aliphatic hydroxyl groups is 1. The van der Waals surface area contributed by atoms with E-state index in [4.69, 9.17) is 10.5 Å². The predicted octanol–water partition coefficient (Wildman–Crippen LogP) is 1.00. The molecule has 1 aromatic carbocycles. The zero-order valence-electron chi connectivity index (χ0n) is 8.07. The Morgan fingerprint density at radius 1 is 1.50 bits per heavy atom. The van der Waals surface area contributed by atoms with Crippen molar-refractivity contribution in [3.63, 3.8) is 0 Å². The Kier molecular flexibility index (Phi) is 2.70. The maximum atomic E-state index is 9.82. The second-order valence-corrected chi connectivity index (χ2v) is 3.53. The molecular formula is C11H15NO2. The lowest BCUT2D eigenvalue weighted by Crippen LogP contribution is -2.07. The molecule has 1 atom stereocenters. The van der Waals surface area contributed by atoms with E-state index < -0.39 is 6.10 Å². The molecule has 3 nitrogen and oxygen atoms in total. The summed E-state index contributed by atoms with van der Waals surface area (Å²) < 4.78 is 5.50. The molecule has 1 unspecified atom stereocenters. The van der Waals surface area contributed by atoms with Crippen molar-refractivity contribution in [1.29, 1.82) is 0 Å². The van der Waals surface area contributed by atoms with Crippen LogP contribution in [0.3, 0.4) is 0 Å². The van der Waals surface area contributed by atoms with Crippen molar-refractivity contribution in [3.05, 3.63) is 29.3 Å². The molecule has 0 saturated heterocycles. The first-order valence-corrected chi connectivity index (χ1v) is 4.95. The van der Waals surface area contributed by atoms with Crippen molar-refractivity contribution < 1.29 is 9.84 Å². The largest absolute Gasteiger partial charge is 0.493 e. The van der Waals surface area contributed by atoms with Crippen LogP contribution in [0.25, 0.3) is 0 Å². The molecule has 2 rings (SSSR count). The Balaban J connectivity index is 2.29. The van der Waals surface area contributed by atoms with Gasteiger partial charge < -0.3 is 15.6 Å². The van der Waals surface area contributed by atoms with E-state index in [0.29, 0.717) is 13.0 Å². The summed E-state index contributed by atoms with van der Waals surface area (Å²) in [5.74, 6) is 0.869. The third-order valence-corrected chi connectivity index (χ3v) is 2.54. The van der Waals surface area contributed by atoms with E-state index in [1.807, 2.05) is 18.2 Å². The van der Waals surface area contributed by atoms with Crippen LogP contribution in [-0.2, 0) is 6.42 Å². The summed E-state index contributed by atoms with van der Waals surface area (Å²) in [5, 5.41) is 9.82. The maximum Gasteiger partial charge on any atom is 0.128 e. The minimum absolute atomic E-state index is 0.491. The fourth-order valence-corrected chi connectivity index (χ4v) is 1.82. The third kappa shape index (κ3) is 1.61. The second kappa shape index (κ2) is 3.98. The molecule has 76 valence electrons. The van der Waals surface area contributed by atoms with E-state index in [2.05, 4.69) is 0 Å². The monoisotopic (exact) mass is 193 g/mol. The van der Waals surface area contributed by atoms with Gasteiger partial charge in [-0.25, -0.2) is 0 Å². The highest BCUT2D eigenvalue weighted by Gasteiger charge is 2.19. The topological polar surface area (TPSA) is 55.5 Å². The number of benzene rings is 1. The number of fused-ring (bicyclic) bond motifs is 1. The second-order valence-electron chi connectivity index (χ2n) is 3.53. The number of nitrogens with two attached hydrogens (primary N) is 1. The molecule has 0 spiro atoms. The zero-order chi connectivity index (χ0) is 9.97. The van der Waals surface area contributed by atoms with Crippen LogP contribution >= 0.6 is 0 Å². The van der Waals surface area contributed by atoms with Gasteiger partial charge in [-0.05, 0) is 18.5 Å². The van der Waals surface area contributed by atoms with Gasteiger partial charge in [-0.15, -0.1) is 0 Å². The molecule has 3 N–H and O–H groups in total. The first-order chi connectivity index (χ1) is 6.83. The van der Waals surface area contributed by atoms with Gasteiger partial charge in [0.1, 0.15) is 5.75 Å². The van der Waals surface area contributed by atoms with Crippen LogP contribution in [-0.4, -0.2) is 18.3 Å². The van der Waals surface area contributed by atoms with Crippen molar-refractivity contribution in [2.75, 3.05) is 13.2 Å². The minimum Gasteiger partial charge on any atom is -0.493 e. The molecule has 0 aliphatic carbocycles. The van der Waals surface area contributed by atoms with Crippen LogP contribution in [0.2, 0.25) is 0 Å². The quantitative estimate of drug-likeness (QED) is 0.753. The Bertz CT molecular complexity index is 325. The minimum atomic E-state index is -0.493. The highest BCUT2D eigenvalue weighted by Crippen LogP contribution is 2.34. The van der Waals surface area contributed by atoms with Crippen molar-refractivity contribution in [3.8, 4) is 5.75 Å². The number of hydrogen-bond donors (Lipinski definition) is 2. The van der Waals surface area contributed by atoms with E-state index in [9.17, 15) is 5.11 Å². The van der Waals surface area contributed by atoms with Crippen molar-refractivity contribution >= 4 is 0 Å². The van der Waals surface area contributed by atoms with Crippen LogP contribution in [0.5, 0.6) is 5.75 Å². The number of ether oxygens (including phenoxy) is 1. The van der Waals surface area contributed by atoms with Crippen LogP contribution in [0.15, 0.2) is 18.2 Å². The van der Waals surface area contributed by atoms with E-state index in [0.717, 1.165) is 24.3 Å². The number of aliphatic hydroxyl groups excluding tert-OH is 1. The Morgan fingerprint density at radius 3 is 3.14 bits per heavy atom. The molecule has 1 aliphatic rings. The smallest absolute Gasteiger partial charge is 0.128 e. The van der Waals surface area contributed by atoms with Crippen LogP contribution in [0, 0.1) is 0 Å². The van der Waals surface area contributed by atoms with Gasteiger partial charge in [-0.3, -0.25) is 0 Å². The highest BCUT2D eigenvalue weighted by molar-refractivity contribution is 5.45. The summed E-state index contributed by atoms with van der Waals surface area (Å²) in [6.07, 6.45) is 1.03. The summed E-state index contributed by atoms with van der Waals surface area (Å²) in [5.41, 5.74) is 7.48. The van der Waals surface area contributed by atoms with Crippen LogP contribution < -0.4 is 10.5 Å². The van der Waals surface area contributed by atoms with Gasteiger partial charge in [-0.2, -0.15) is 0 Å². The fraction of sp³-hybridized carbons (Fsp3) is 0.455.